The van der Waals surface area contributed by atoms with Gasteiger partial charge >= 0.3 is 87.8 Å². The van der Waals surface area contributed by atoms with Gasteiger partial charge in [0.2, 0.25) is 0 Å². The van der Waals surface area contributed by atoms with Gasteiger partial charge < -0.3 is 5.48 Å². The van der Waals surface area contributed by atoms with Crippen LogP contribution in [0.2, 0.25) is 0 Å². The van der Waals surface area contributed by atoms with Gasteiger partial charge in [-0.3, -0.25) is 0 Å². The Morgan fingerprint density at radius 3 is 1.00 bits per heavy atom. The maximum absolute atomic E-state index is 8.58. The molecule has 8 heavy (non-hydrogen) atoms. The van der Waals surface area contributed by atoms with Gasteiger partial charge in [-0.1, -0.05) is 0 Å². The Hall–Kier alpha value is 1.84. The molecule has 0 radical (unpaired) electrons. The summed E-state index contributed by atoms with van der Waals surface area (Å²) in [5.41, 5.74) is 0. The summed E-state index contributed by atoms with van der Waals surface area (Å²) in [6, 6.07) is 0. The number of rotatable bonds is 0. The van der Waals surface area contributed by atoms with Crippen molar-refractivity contribution in [3.8, 4) is 0 Å². The Bertz CT molecular complexity index is 132. The minimum absolute atomic E-state index is 0. The summed E-state index contributed by atoms with van der Waals surface area (Å²) >= 11 is -5.62. The molecule has 0 aliphatic heterocycles. The van der Waals surface area contributed by atoms with Crippen molar-refractivity contribution in [2.75, 3.05) is 0 Å². The molecule has 0 heterocycles. The Balaban J connectivity index is -0.0000000267. The van der Waals surface area contributed by atoms with Crippen LogP contribution in [-0.2, 0) is 24.5 Å². The number of hydrogen-bond acceptors (Lipinski definition) is 5. The van der Waals surface area contributed by atoms with E-state index in [2.05, 4.69) is 0 Å². The first-order valence-electron chi connectivity index (χ1n) is 0.617. The second-order valence-electron chi connectivity index (χ2n) is 0.378. The predicted molar refractivity (Wildman–Crippen MR) is 4.00 cm³/mol. The molecular weight excluding hydrogens is 181 g/mol. The third-order valence-electron chi connectivity index (χ3n) is 0. The van der Waals surface area contributed by atoms with Crippen LogP contribution in [0.25, 0.3) is 0 Å². The molecule has 0 rings (SSSR count). The molecule has 1 N–H and O–H groups in total. The maximum atomic E-state index is 8.58. The molecule has 0 bridgehead atoms. The Kier molecular flexibility index (Phi) is 24.9. The van der Waals surface area contributed by atoms with Crippen molar-refractivity contribution in [3.63, 3.8) is 0 Å². The van der Waals surface area contributed by atoms with Crippen LogP contribution in [0.3, 0.4) is 0 Å². The zero-order chi connectivity index (χ0) is 4.50. The van der Waals surface area contributed by atoms with Crippen LogP contribution in [-0.4, -0.2) is 5.48 Å². The molecule has 0 aromatic heterocycles. The monoisotopic (exact) mass is 182 g/mol. The van der Waals surface area contributed by atoms with Crippen LogP contribution in [0.15, 0.2) is 0 Å². The zero-order valence-electron chi connectivity index (χ0n) is 4.46. The average Bonchev–Trinajstić information content (AvgIpc) is 0.722. The SMILES string of the molecule is [Na+].[Na+].[OH-].[O]=[Mn](=[O])(=[O])[O-]. The average molecular weight is 182 g/mol. The minimum atomic E-state index is -5.62. The van der Waals surface area contributed by atoms with Gasteiger partial charge in [0.15, 0.2) is 0 Å². The fraction of sp³-hybridized carbons (Fsp3) is 0. The van der Waals surface area contributed by atoms with Gasteiger partial charge in [0, 0.05) is 0 Å². The van der Waals surface area contributed by atoms with Crippen LogP contribution < -0.4 is 63.3 Å². The molecule has 0 saturated carbocycles. The van der Waals surface area contributed by atoms with Gasteiger partial charge in [-0.25, -0.2) is 0 Å². The van der Waals surface area contributed by atoms with Crippen LogP contribution in [0.5, 0.6) is 0 Å². The molecule has 0 aromatic rings. The molecule has 0 atom stereocenters. The topological polar surface area (TPSA) is 104 Å². The Morgan fingerprint density at radius 2 is 1.00 bits per heavy atom. The van der Waals surface area contributed by atoms with Gasteiger partial charge in [0.05, 0.1) is 0 Å². The van der Waals surface area contributed by atoms with Crippen molar-refractivity contribution in [1.82, 2.24) is 0 Å². The second kappa shape index (κ2) is 8.84. The van der Waals surface area contributed by atoms with E-state index in [1.807, 2.05) is 0 Å². The molecule has 0 fully saturated rings. The Morgan fingerprint density at radius 1 is 1.00 bits per heavy atom. The van der Waals surface area contributed by atoms with Gasteiger partial charge in [-0.2, -0.15) is 0 Å². The standard InChI is InChI=1S/Mn.2Na.H2O.4O/h;;;1H2;;;;/q;2*+1;;;;;-1/p-1. The van der Waals surface area contributed by atoms with E-state index in [1.54, 1.807) is 0 Å². The molecule has 0 amide bonds. The van der Waals surface area contributed by atoms with E-state index < -0.39 is 13.0 Å². The quantitative estimate of drug-likeness (QED) is 0.346. The van der Waals surface area contributed by atoms with Crippen LogP contribution in [0.1, 0.15) is 0 Å². The molecule has 0 saturated heterocycles. The van der Waals surface area contributed by atoms with Crippen molar-refractivity contribution in [1.29, 1.82) is 0 Å². The first kappa shape index (κ1) is 22.5. The summed E-state index contributed by atoms with van der Waals surface area (Å²) in [5, 5.41) is 0. The van der Waals surface area contributed by atoms with E-state index in [0.717, 1.165) is 0 Å². The summed E-state index contributed by atoms with van der Waals surface area (Å²) in [4.78, 5) is 0. The third-order valence-corrected chi connectivity index (χ3v) is 0. The van der Waals surface area contributed by atoms with Crippen LogP contribution >= 0.6 is 0 Å². The van der Waals surface area contributed by atoms with E-state index in [-0.39, 0.29) is 64.6 Å². The van der Waals surface area contributed by atoms with Crippen LogP contribution in [0, 0.1) is 0 Å². The summed E-state index contributed by atoms with van der Waals surface area (Å²) in [7, 11) is 0. The summed E-state index contributed by atoms with van der Waals surface area (Å²) in [6.45, 7) is 0. The molecule has 0 aliphatic rings. The Labute approximate surface area is 91.9 Å². The van der Waals surface area contributed by atoms with Crippen molar-refractivity contribution >= 4 is 0 Å². The van der Waals surface area contributed by atoms with E-state index in [4.69, 9.17) is 15.7 Å². The van der Waals surface area contributed by atoms with Crippen LogP contribution in [0.4, 0.5) is 0 Å². The van der Waals surface area contributed by atoms with Crippen molar-refractivity contribution in [3.05, 3.63) is 0 Å². The normalized spacial score (nSPS) is 7.12. The van der Waals surface area contributed by atoms with Crippen molar-refractivity contribution in [2.24, 2.45) is 0 Å². The summed E-state index contributed by atoms with van der Waals surface area (Å²) < 4.78 is 34.3. The third kappa shape index (κ3) is 108. The van der Waals surface area contributed by atoms with Crippen molar-refractivity contribution in [2.45, 2.75) is 0 Å². The van der Waals surface area contributed by atoms with Gasteiger partial charge in [-0.05, 0) is 0 Å². The summed E-state index contributed by atoms with van der Waals surface area (Å²) in [5.74, 6) is 0. The zero-order valence-corrected chi connectivity index (χ0v) is 9.64. The van der Waals surface area contributed by atoms with Crippen molar-refractivity contribution < 1.29 is 93.3 Å². The molecule has 0 spiro atoms. The fourth-order valence-electron chi connectivity index (χ4n) is 0. The van der Waals surface area contributed by atoms with Gasteiger partial charge in [0.25, 0.3) is 0 Å². The van der Waals surface area contributed by atoms with E-state index in [1.165, 1.54) is 0 Å². The molecular formula is HMnNa2O5. The molecule has 8 heteroatoms. The molecule has 40 valence electrons. The van der Waals surface area contributed by atoms with Gasteiger partial charge in [0.1, 0.15) is 0 Å². The molecule has 0 aliphatic carbocycles. The predicted octanol–water partition coefficient (Wildman–Crippen LogP) is -7.72. The molecule has 0 unspecified atom stereocenters. The second-order valence-corrected chi connectivity index (χ2v) is 1.56. The van der Waals surface area contributed by atoms with E-state index in [9.17, 15) is 0 Å². The summed E-state index contributed by atoms with van der Waals surface area (Å²) in [6.07, 6.45) is 0. The first-order chi connectivity index (χ1) is 2.00. The fourth-order valence-corrected chi connectivity index (χ4v) is 0. The molecule has 0 aromatic carbocycles. The number of hydrogen-bond donors (Lipinski definition) is 0. The van der Waals surface area contributed by atoms with Gasteiger partial charge in [-0.15, -0.1) is 0 Å². The van der Waals surface area contributed by atoms with E-state index in [0.29, 0.717) is 0 Å². The first-order valence-corrected chi connectivity index (χ1v) is 2.54. The van der Waals surface area contributed by atoms with E-state index >= 15 is 0 Å². The molecule has 5 nitrogen and oxygen atoms in total.